The van der Waals surface area contributed by atoms with Crippen molar-refractivity contribution in [3.63, 3.8) is 0 Å². The second-order valence-corrected chi connectivity index (χ2v) is 8.79. The fourth-order valence-corrected chi connectivity index (χ4v) is 4.16. The molecule has 0 aliphatic carbocycles. The number of aryl methyl sites for hydroxylation is 2. The number of rotatable bonds is 7. The Morgan fingerprint density at radius 3 is 2.78 bits per heavy atom. The van der Waals surface area contributed by atoms with Gasteiger partial charge in [0.05, 0.1) is 12.5 Å². The molecule has 0 radical (unpaired) electrons. The Kier molecular flexibility index (Phi) is 6.32. The van der Waals surface area contributed by atoms with Gasteiger partial charge in [0.1, 0.15) is 12.4 Å². The van der Waals surface area contributed by atoms with Crippen LogP contribution in [0.3, 0.4) is 0 Å². The molecule has 2 amide bonds. The Hall–Kier alpha value is -4.34. The van der Waals surface area contributed by atoms with Gasteiger partial charge < -0.3 is 15.0 Å². The maximum atomic E-state index is 13.6. The average molecular weight is 489 g/mol. The third kappa shape index (κ3) is 4.74. The van der Waals surface area contributed by atoms with E-state index in [4.69, 9.17) is 4.74 Å². The molecule has 184 valence electrons. The second kappa shape index (κ2) is 9.73. The zero-order valence-electron chi connectivity index (χ0n) is 19.9. The van der Waals surface area contributed by atoms with Crippen molar-refractivity contribution in [3.05, 3.63) is 71.5 Å². The van der Waals surface area contributed by atoms with Gasteiger partial charge in [-0.25, -0.2) is 4.39 Å². The molecule has 1 aliphatic rings. The zero-order valence-corrected chi connectivity index (χ0v) is 19.9. The fraction of sp³-hybridized carbons (Fsp3) is 0.269. The van der Waals surface area contributed by atoms with Gasteiger partial charge >= 0.3 is 0 Å². The van der Waals surface area contributed by atoms with Crippen molar-refractivity contribution in [2.45, 2.75) is 20.3 Å². The molecule has 3 heterocycles. The third-order valence-corrected chi connectivity index (χ3v) is 6.27. The van der Waals surface area contributed by atoms with E-state index in [1.54, 1.807) is 29.2 Å². The highest BCUT2D eigenvalue weighted by Crippen LogP contribution is 2.27. The fourth-order valence-electron chi connectivity index (χ4n) is 4.16. The summed E-state index contributed by atoms with van der Waals surface area (Å²) in [4.78, 5) is 26.8. The minimum atomic E-state index is -0.417. The van der Waals surface area contributed by atoms with Gasteiger partial charge in [0.15, 0.2) is 11.5 Å². The summed E-state index contributed by atoms with van der Waals surface area (Å²) < 4.78 is 20.8. The molecule has 9 nitrogen and oxygen atoms in total. The number of ether oxygens (including phenoxy) is 1. The first-order valence-corrected chi connectivity index (χ1v) is 11.7. The van der Waals surface area contributed by atoms with E-state index < -0.39 is 5.92 Å². The molecule has 1 N–H and O–H groups in total. The maximum absolute atomic E-state index is 13.6. The van der Waals surface area contributed by atoms with Crippen LogP contribution in [0.4, 0.5) is 10.1 Å². The highest BCUT2D eigenvalue weighted by molar-refractivity contribution is 6.00. The molecule has 0 bridgehead atoms. The van der Waals surface area contributed by atoms with Crippen molar-refractivity contribution in [1.82, 2.24) is 25.1 Å². The van der Waals surface area contributed by atoms with Crippen LogP contribution >= 0.6 is 0 Å². The first-order valence-electron chi connectivity index (χ1n) is 11.7. The van der Waals surface area contributed by atoms with E-state index >= 15 is 0 Å². The summed E-state index contributed by atoms with van der Waals surface area (Å²) in [7, 11) is 0. The number of carbonyl (C=O) groups excluding carboxylic acids is 2. The van der Waals surface area contributed by atoms with E-state index in [0.29, 0.717) is 29.5 Å². The number of halogens is 1. The molecule has 1 aliphatic heterocycles. The van der Waals surface area contributed by atoms with E-state index in [2.05, 4.69) is 20.6 Å². The topological polar surface area (TPSA) is 102 Å². The first kappa shape index (κ1) is 23.4. The zero-order chi connectivity index (χ0) is 25.2. The predicted molar refractivity (Wildman–Crippen MR) is 131 cm³/mol. The lowest BCUT2D eigenvalue weighted by atomic mass is 10.1. The Bertz CT molecular complexity index is 1450. The van der Waals surface area contributed by atoms with Crippen LogP contribution in [0.5, 0.6) is 5.88 Å². The first-order chi connectivity index (χ1) is 17.4. The summed E-state index contributed by atoms with van der Waals surface area (Å²) in [6.45, 7) is 4.81. The van der Waals surface area contributed by atoms with Crippen molar-refractivity contribution >= 4 is 23.1 Å². The molecular formula is C26H25FN6O3. The van der Waals surface area contributed by atoms with Gasteiger partial charge in [-0.1, -0.05) is 18.2 Å². The van der Waals surface area contributed by atoms with Crippen LogP contribution in [-0.2, 0) is 9.59 Å². The van der Waals surface area contributed by atoms with Crippen LogP contribution in [0.25, 0.3) is 17.0 Å². The molecule has 2 aromatic heterocycles. The molecule has 1 atom stereocenters. The van der Waals surface area contributed by atoms with Crippen LogP contribution in [-0.4, -0.2) is 51.3 Å². The van der Waals surface area contributed by atoms with Gasteiger partial charge in [-0.2, -0.15) is 4.52 Å². The Morgan fingerprint density at radius 2 is 1.97 bits per heavy atom. The number of carbonyl (C=O) groups is 2. The summed E-state index contributed by atoms with van der Waals surface area (Å²) in [6.07, 6.45) is 0.175. The standard InChI is InChI=1S/C26H25FN6O3/c1-16-6-7-21(12-17(16)2)32-15-19(14-24(32)34)26(35)28-10-11-36-23-9-8-22-29-30-25(33(22)31-23)18-4-3-5-20(27)13-18/h3-9,12-13,19H,10-11,14-15H2,1-2H3,(H,28,35). The number of anilines is 1. The molecule has 2 aromatic carbocycles. The lowest BCUT2D eigenvalue weighted by molar-refractivity contribution is -0.126. The van der Waals surface area contributed by atoms with Crippen molar-refractivity contribution in [2.24, 2.45) is 5.92 Å². The molecule has 1 saturated heterocycles. The number of nitrogens with zero attached hydrogens (tertiary/aromatic N) is 5. The number of nitrogens with one attached hydrogen (secondary N) is 1. The Balaban J connectivity index is 1.16. The van der Waals surface area contributed by atoms with Gasteiger partial charge in [0, 0.05) is 30.3 Å². The Labute approximate surface area is 206 Å². The van der Waals surface area contributed by atoms with E-state index in [1.165, 1.54) is 16.6 Å². The number of aromatic nitrogens is 4. The van der Waals surface area contributed by atoms with Crippen molar-refractivity contribution in [2.75, 3.05) is 24.6 Å². The quantitative estimate of drug-likeness (QED) is 0.401. The molecule has 0 spiro atoms. The van der Waals surface area contributed by atoms with E-state index in [0.717, 1.165) is 16.8 Å². The molecular weight excluding hydrogens is 463 g/mol. The number of benzene rings is 2. The van der Waals surface area contributed by atoms with E-state index in [-0.39, 0.29) is 37.2 Å². The average Bonchev–Trinajstić information content (AvgIpc) is 3.47. The number of hydrogen-bond donors (Lipinski definition) is 1. The minimum Gasteiger partial charge on any atom is -0.475 e. The van der Waals surface area contributed by atoms with E-state index in [1.807, 2.05) is 32.0 Å². The lowest BCUT2D eigenvalue weighted by Gasteiger charge is -2.18. The lowest BCUT2D eigenvalue weighted by Crippen LogP contribution is -2.35. The minimum absolute atomic E-state index is 0.0600. The van der Waals surface area contributed by atoms with Gasteiger partial charge in [0.25, 0.3) is 0 Å². The van der Waals surface area contributed by atoms with Crippen LogP contribution in [0.15, 0.2) is 54.6 Å². The van der Waals surface area contributed by atoms with Crippen LogP contribution in [0.2, 0.25) is 0 Å². The monoisotopic (exact) mass is 488 g/mol. The summed E-state index contributed by atoms with van der Waals surface area (Å²) in [5, 5.41) is 15.4. The Morgan fingerprint density at radius 1 is 1.11 bits per heavy atom. The normalized spacial score (nSPS) is 15.5. The predicted octanol–water partition coefficient (Wildman–Crippen LogP) is 3.10. The molecule has 4 aromatic rings. The maximum Gasteiger partial charge on any atom is 0.231 e. The highest BCUT2D eigenvalue weighted by Gasteiger charge is 2.35. The van der Waals surface area contributed by atoms with Crippen molar-refractivity contribution in [3.8, 4) is 17.3 Å². The molecule has 1 unspecified atom stereocenters. The highest BCUT2D eigenvalue weighted by atomic mass is 19.1. The summed E-state index contributed by atoms with van der Waals surface area (Å²) in [6, 6.07) is 15.2. The molecule has 1 fully saturated rings. The van der Waals surface area contributed by atoms with Gasteiger partial charge in [-0.15, -0.1) is 15.3 Å². The van der Waals surface area contributed by atoms with Crippen molar-refractivity contribution < 1.29 is 18.7 Å². The largest absolute Gasteiger partial charge is 0.475 e. The van der Waals surface area contributed by atoms with Crippen LogP contribution in [0.1, 0.15) is 17.5 Å². The summed E-state index contributed by atoms with van der Waals surface area (Å²) >= 11 is 0. The molecule has 0 saturated carbocycles. The molecule has 5 rings (SSSR count). The van der Waals surface area contributed by atoms with Crippen molar-refractivity contribution in [1.29, 1.82) is 0 Å². The van der Waals surface area contributed by atoms with Gasteiger partial charge in [-0.3, -0.25) is 9.59 Å². The number of amides is 2. The van der Waals surface area contributed by atoms with Gasteiger partial charge in [0.2, 0.25) is 17.7 Å². The summed E-state index contributed by atoms with van der Waals surface area (Å²) in [5.41, 5.74) is 4.11. The summed E-state index contributed by atoms with van der Waals surface area (Å²) in [5.74, 6) is -0.342. The molecule has 36 heavy (non-hydrogen) atoms. The number of hydrogen-bond acceptors (Lipinski definition) is 6. The smallest absolute Gasteiger partial charge is 0.231 e. The SMILES string of the molecule is Cc1ccc(N2CC(C(=O)NCCOc3ccc4nnc(-c5cccc(F)c5)n4n3)CC2=O)cc1C. The van der Waals surface area contributed by atoms with Crippen LogP contribution in [0, 0.1) is 25.6 Å². The van der Waals surface area contributed by atoms with Gasteiger partial charge in [-0.05, 0) is 55.3 Å². The number of fused-ring (bicyclic) bond motifs is 1. The van der Waals surface area contributed by atoms with E-state index in [9.17, 15) is 14.0 Å². The molecule has 10 heteroatoms. The van der Waals surface area contributed by atoms with Crippen LogP contribution < -0.4 is 15.0 Å². The second-order valence-electron chi connectivity index (χ2n) is 8.79. The third-order valence-electron chi connectivity index (χ3n) is 6.27.